The molecule has 1 atom stereocenters. The lowest BCUT2D eigenvalue weighted by molar-refractivity contribution is 0.0941. The Hall–Kier alpha value is -1.93. The van der Waals surface area contributed by atoms with Crippen LogP contribution in [0.5, 0.6) is 0 Å². The van der Waals surface area contributed by atoms with Crippen LogP contribution < -0.4 is 5.32 Å². The highest BCUT2D eigenvalue weighted by Gasteiger charge is 2.21. The Balaban J connectivity index is 2.15. The first-order valence-electron chi connectivity index (χ1n) is 8.83. The number of hydrogen-bond donors (Lipinski definition) is 1. The van der Waals surface area contributed by atoms with Crippen LogP contribution in [-0.4, -0.2) is 64.3 Å². The van der Waals surface area contributed by atoms with Crippen molar-refractivity contribution in [2.75, 3.05) is 34.7 Å². The first-order valence-corrected chi connectivity index (χ1v) is 10.7. The van der Waals surface area contributed by atoms with Crippen LogP contribution in [0.15, 0.2) is 53.4 Å². The zero-order valence-electron chi connectivity index (χ0n) is 16.5. The fourth-order valence-corrected chi connectivity index (χ4v) is 3.81. The summed E-state index contributed by atoms with van der Waals surface area (Å²) < 4.78 is 25.7. The molecule has 0 bridgehead atoms. The molecule has 0 fully saturated rings. The largest absolute Gasteiger partial charge is 0.350 e. The monoisotopic (exact) mass is 423 g/mol. The molecule has 2 aromatic rings. The molecule has 1 amide bonds. The maximum absolute atomic E-state index is 12.7. The van der Waals surface area contributed by atoms with Crippen molar-refractivity contribution in [1.82, 2.24) is 14.5 Å². The number of nitrogens with zero attached hydrogens (tertiary/aromatic N) is 2. The van der Waals surface area contributed by atoms with Gasteiger partial charge in [-0.3, -0.25) is 4.79 Å². The highest BCUT2D eigenvalue weighted by Crippen LogP contribution is 2.22. The van der Waals surface area contributed by atoms with Gasteiger partial charge >= 0.3 is 0 Å². The molecule has 0 aromatic heterocycles. The Bertz CT molecular complexity index is 916. The topological polar surface area (TPSA) is 69.7 Å². The normalized spacial score (nSPS) is 13.0. The quantitative estimate of drug-likeness (QED) is 0.708. The van der Waals surface area contributed by atoms with Gasteiger partial charge in [0.15, 0.2) is 0 Å². The zero-order valence-corrected chi connectivity index (χ0v) is 18.1. The van der Waals surface area contributed by atoms with Crippen LogP contribution in [0.4, 0.5) is 0 Å². The lowest BCUT2D eigenvalue weighted by Gasteiger charge is -2.25. The van der Waals surface area contributed by atoms with Gasteiger partial charge in [0.1, 0.15) is 0 Å². The number of carbonyl (C=O) groups excluding carboxylic acids is 1. The molecule has 28 heavy (non-hydrogen) atoms. The van der Waals surface area contributed by atoms with Gasteiger partial charge in [0.05, 0.1) is 15.5 Å². The molecule has 6 nitrogen and oxygen atoms in total. The van der Waals surface area contributed by atoms with Gasteiger partial charge in [0.25, 0.3) is 5.91 Å². The maximum Gasteiger partial charge on any atom is 0.252 e. The molecule has 1 N–H and O–H groups in total. The van der Waals surface area contributed by atoms with Crippen molar-refractivity contribution in [2.45, 2.75) is 17.4 Å². The summed E-state index contributed by atoms with van der Waals surface area (Å²) in [6, 6.07) is 14.2. The molecule has 0 saturated carbocycles. The van der Waals surface area contributed by atoms with Crippen LogP contribution in [0.2, 0.25) is 5.02 Å². The number of rotatable bonds is 8. The molecule has 8 heteroatoms. The van der Waals surface area contributed by atoms with E-state index in [4.69, 9.17) is 11.6 Å². The van der Waals surface area contributed by atoms with E-state index in [0.717, 1.165) is 10.7 Å². The number of hydrogen-bond acceptors (Lipinski definition) is 4. The van der Waals surface area contributed by atoms with E-state index >= 15 is 0 Å². The molecule has 2 aromatic carbocycles. The molecule has 152 valence electrons. The number of benzene rings is 2. The summed E-state index contributed by atoms with van der Waals surface area (Å²) >= 11 is 6.15. The van der Waals surface area contributed by atoms with E-state index in [0.29, 0.717) is 6.54 Å². The second-order valence-electron chi connectivity index (χ2n) is 6.95. The van der Waals surface area contributed by atoms with Crippen molar-refractivity contribution < 1.29 is 13.2 Å². The molecule has 2 rings (SSSR count). The van der Waals surface area contributed by atoms with Gasteiger partial charge < -0.3 is 10.2 Å². The van der Waals surface area contributed by atoms with E-state index in [1.54, 1.807) is 0 Å². The third kappa shape index (κ3) is 5.54. The Morgan fingerprint density at radius 3 is 2.29 bits per heavy atom. The van der Waals surface area contributed by atoms with Gasteiger partial charge in [-0.15, -0.1) is 0 Å². The maximum atomic E-state index is 12.7. The number of amides is 1. The van der Waals surface area contributed by atoms with Gasteiger partial charge in [-0.25, -0.2) is 12.7 Å². The molecule has 0 aliphatic carbocycles. The minimum Gasteiger partial charge on any atom is -0.350 e. The standard InChI is InChI=1S/C20H26ClN3O3S/c1-23(2)16(12-15-8-6-5-7-9-15)14-22-20(25)18-13-17(10-11-19(18)21)28(26,27)24(3)4/h5-11,13,16H,12,14H2,1-4H3,(H,22,25)/t16-/m0/s1. The summed E-state index contributed by atoms with van der Waals surface area (Å²) in [6.07, 6.45) is 0.775. The lowest BCUT2D eigenvalue weighted by atomic mass is 10.0. The molecule has 0 aliphatic rings. The summed E-state index contributed by atoms with van der Waals surface area (Å²) in [5, 5.41) is 3.08. The highest BCUT2D eigenvalue weighted by molar-refractivity contribution is 7.89. The summed E-state index contributed by atoms with van der Waals surface area (Å²) in [5.74, 6) is -0.402. The van der Waals surface area contributed by atoms with E-state index in [1.165, 1.54) is 37.9 Å². The SMILES string of the molecule is CN(C)[C@H](CNC(=O)c1cc(S(=O)(=O)N(C)C)ccc1Cl)Cc1ccccc1. The molecular weight excluding hydrogens is 398 g/mol. The van der Waals surface area contributed by atoms with Crippen molar-refractivity contribution >= 4 is 27.5 Å². The summed E-state index contributed by atoms with van der Waals surface area (Å²) in [5.41, 5.74) is 1.31. The van der Waals surface area contributed by atoms with Crippen molar-refractivity contribution in [3.05, 3.63) is 64.7 Å². The fourth-order valence-electron chi connectivity index (χ4n) is 2.68. The van der Waals surface area contributed by atoms with E-state index in [1.807, 2.05) is 49.3 Å². The predicted octanol–water partition coefficient (Wildman–Crippen LogP) is 2.49. The Morgan fingerprint density at radius 2 is 1.71 bits per heavy atom. The zero-order chi connectivity index (χ0) is 20.9. The van der Waals surface area contributed by atoms with Crippen molar-refractivity contribution in [2.24, 2.45) is 0 Å². The van der Waals surface area contributed by atoms with Crippen LogP contribution >= 0.6 is 11.6 Å². The van der Waals surface area contributed by atoms with E-state index in [2.05, 4.69) is 5.32 Å². The number of carbonyl (C=O) groups is 1. The van der Waals surface area contributed by atoms with E-state index in [-0.39, 0.29) is 21.5 Å². The Morgan fingerprint density at radius 1 is 1.07 bits per heavy atom. The molecule has 0 spiro atoms. The predicted molar refractivity (Wildman–Crippen MR) is 112 cm³/mol. The van der Waals surface area contributed by atoms with Gasteiger partial charge in [0.2, 0.25) is 10.0 Å². The third-order valence-electron chi connectivity index (χ3n) is 4.50. The van der Waals surface area contributed by atoms with Crippen LogP contribution in [0.3, 0.4) is 0 Å². The van der Waals surface area contributed by atoms with Gasteiger partial charge in [-0.1, -0.05) is 41.9 Å². The minimum absolute atomic E-state index is 0.0282. The number of sulfonamides is 1. The number of likely N-dealkylation sites (N-methyl/N-ethyl adjacent to an activating group) is 1. The summed E-state index contributed by atoms with van der Waals surface area (Å²) in [4.78, 5) is 14.7. The summed E-state index contributed by atoms with van der Waals surface area (Å²) in [6.45, 7) is 0.404. The van der Waals surface area contributed by atoms with Crippen LogP contribution in [-0.2, 0) is 16.4 Å². The molecule has 0 aliphatic heterocycles. The minimum atomic E-state index is -3.65. The average Bonchev–Trinajstić information content (AvgIpc) is 2.65. The lowest BCUT2D eigenvalue weighted by Crippen LogP contribution is -2.41. The van der Waals surface area contributed by atoms with Crippen molar-refractivity contribution in [3.8, 4) is 0 Å². The molecule has 0 radical (unpaired) electrons. The molecule has 0 saturated heterocycles. The van der Waals surface area contributed by atoms with Gasteiger partial charge in [-0.05, 0) is 44.3 Å². The Kier molecular flexibility index (Phi) is 7.60. The summed E-state index contributed by atoms with van der Waals surface area (Å²) in [7, 11) is 3.14. The smallest absolute Gasteiger partial charge is 0.252 e. The van der Waals surface area contributed by atoms with Gasteiger partial charge in [-0.2, -0.15) is 0 Å². The van der Waals surface area contributed by atoms with Crippen molar-refractivity contribution in [1.29, 1.82) is 0 Å². The molecule has 0 heterocycles. The third-order valence-corrected chi connectivity index (χ3v) is 6.64. The first-order chi connectivity index (χ1) is 13.1. The van der Waals surface area contributed by atoms with Crippen LogP contribution in [0, 0.1) is 0 Å². The second kappa shape index (κ2) is 9.52. The van der Waals surface area contributed by atoms with Crippen LogP contribution in [0.1, 0.15) is 15.9 Å². The molecule has 0 unspecified atom stereocenters. The number of halogens is 1. The second-order valence-corrected chi connectivity index (χ2v) is 9.51. The first kappa shape index (κ1) is 22.4. The Labute approximate surface area is 172 Å². The van der Waals surface area contributed by atoms with E-state index in [9.17, 15) is 13.2 Å². The van der Waals surface area contributed by atoms with Crippen LogP contribution in [0.25, 0.3) is 0 Å². The number of nitrogens with one attached hydrogen (secondary N) is 1. The molecular formula is C20H26ClN3O3S. The van der Waals surface area contributed by atoms with E-state index < -0.39 is 15.9 Å². The fraction of sp³-hybridized carbons (Fsp3) is 0.350. The van der Waals surface area contributed by atoms with Gasteiger partial charge in [0, 0.05) is 26.7 Å². The average molecular weight is 424 g/mol. The highest BCUT2D eigenvalue weighted by atomic mass is 35.5. The van der Waals surface area contributed by atoms with Crippen molar-refractivity contribution in [3.63, 3.8) is 0 Å².